The summed E-state index contributed by atoms with van der Waals surface area (Å²) in [6.45, 7) is 2.79. The molecule has 7 heteroatoms. The van der Waals surface area contributed by atoms with Gasteiger partial charge in [0.2, 0.25) is 11.3 Å². The first kappa shape index (κ1) is 29.0. The van der Waals surface area contributed by atoms with Crippen LogP contribution in [0.4, 0.5) is 5.69 Å². The summed E-state index contributed by atoms with van der Waals surface area (Å²) in [6.07, 6.45) is 4.78. The topological polar surface area (TPSA) is 81.0 Å². The van der Waals surface area contributed by atoms with Crippen LogP contribution in [0.5, 0.6) is 11.5 Å². The molecule has 0 aliphatic carbocycles. The number of carbonyl (C=O) groups excluding carboxylic acids is 1. The van der Waals surface area contributed by atoms with Crippen molar-refractivity contribution in [1.82, 2.24) is 4.90 Å². The third kappa shape index (κ3) is 6.28. The Labute approximate surface area is 256 Å². The molecular weight excluding hydrogens is 552 g/mol. The van der Waals surface area contributed by atoms with Gasteiger partial charge in [0.05, 0.1) is 25.2 Å². The van der Waals surface area contributed by atoms with Crippen molar-refractivity contribution in [3.8, 4) is 22.8 Å². The summed E-state index contributed by atoms with van der Waals surface area (Å²) >= 11 is 0. The number of benzene rings is 4. The molecule has 7 nitrogen and oxygen atoms in total. The molecule has 4 aromatic carbocycles. The lowest BCUT2D eigenvalue weighted by Gasteiger charge is -2.29. The fourth-order valence-corrected chi connectivity index (χ4v) is 5.63. The van der Waals surface area contributed by atoms with Crippen molar-refractivity contribution >= 4 is 28.6 Å². The summed E-state index contributed by atoms with van der Waals surface area (Å²) in [4.78, 5) is 28.7. The van der Waals surface area contributed by atoms with Crippen molar-refractivity contribution in [2.75, 3.05) is 32.6 Å². The van der Waals surface area contributed by atoms with Gasteiger partial charge in [0.1, 0.15) is 11.3 Å². The monoisotopic (exact) mass is 586 g/mol. The van der Waals surface area contributed by atoms with Crippen molar-refractivity contribution < 1.29 is 18.7 Å². The van der Waals surface area contributed by atoms with E-state index in [2.05, 4.69) is 22.3 Å². The molecule has 1 N–H and O–H groups in total. The maximum absolute atomic E-state index is 13.4. The van der Waals surface area contributed by atoms with E-state index in [4.69, 9.17) is 13.9 Å². The average molecular weight is 587 g/mol. The molecule has 1 aliphatic rings. The average Bonchev–Trinajstić information content (AvgIpc) is 3.07. The number of hydrogen-bond acceptors (Lipinski definition) is 6. The maximum Gasteiger partial charge on any atom is 0.248 e. The Morgan fingerprint density at radius 2 is 1.61 bits per heavy atom. The fraction of sp³-hybridized carbons (Fsp3) is 0.189. The summed E-state index contributed by atoms with van der Waals surface area (Å²) in [5.41, 5.74) is 5.88. The zero-order valence-corrected chi connectivity index (χ0v) is 24.8. The lowest BCUT2D eigenvalue weighted by atomic mass is 9.98. The molecular formula is C37H34N2O5. The standard InChI is InChI=1S/C37H34N2O5/c1-42-33-22-27-19-21-39(24-28(27)23-34(33)43-2)20-18-25-12-14-29(15-13-25)38-35(40)17-16-31-36(41)30-10-6-7-11-32(30)44-37(31)26-8-4-3-5-9-26/h3-17,22-23H,18-21,24H2,1-2H3,(H,38,40)/b17-16+. The predicted molar refractivity (Wildman–Crippen MR) is 174 cm³/mol. The Morgan fingerprint density at radius 3 is 2.36 bits per heavy atom. The Morgan fingerprint density at radius 1 is 0.909 bits per heavy atom. The number of fused-ring (bicyclic) bond motifs is 2. The van der Waals surface area contributed by atoms with Crippen LogP contribution >= 0.6 is 0 Å². The zero-order chi connectivity index (χ0) is 30.5. The number of para-hydroxylation sites is 1. The van der Waals surface area contributed by atoms with Crippen LogP contribution in [0, 0.1) is 0 Å². The molecule has 0 radical (unpaired) electrons. The van der Waals surface area contributed by atoms with Crippen molar-refractivity contribution in [2.24, 2.45) is 0 Å². The first-order chi connectivity index (χ1) is 21.5. The van der Waals surface area contributed by atoms with E-state index < -0.39 is 0 Å². The van der Waals surface area contributed by atoms with Gasteiger partial charge in [-0.2, -0.15) is 0 Å². The number of rotatable bonds is 9. The van der Waals surface area contributed by atoms with Gasteiger partial charge in [-0.05, 0) is 72.0 Å². The van der Waals surface area contributed by atoms with E-state index in [0.29, 0.717) is 28.0 Å². The summed E-state index contributed by atoms with van der Waals surface area (Å²) in [7, 11) is 3.33. The second kappa shape index (κ2) is 13.0. The highest BCUT2D eigenvalue weighted by molar-refractivity contribution is 6.02. The molecule has 0 saturated heterocycles. The van der Waals surface area contributed by atoms with E-state index in [1.54, 1.807) is 32.4 Å². The first-order valence-corrected chi connectivity index (χ1v) is 14.7. The molecule has 6 rings (SSSR count). The number of anilines is 1. The van der Waals surface area contributed by atoms with Crippen molar-refractivity contribution in [1.29, 1.82) is 0 Å². The van der Waals surface area contributed by atoms with E-state index in [1.165, 1.54) is 28.8 Å². The lowest BCUT2D eigenvalue weighted by Crippen LogP contribution is -2.32. The quantitative estimate of drug-likeness (QED) is 0.193. The van der Waals surface area contributed by atoms with Gasteiger partial charge < -0.3 is 19.2 Å². The van der Waals surface area contributed by atoms with Crippen molar-refractivity contribution in [3.05, 3.63) is 130 Å². The van der Waals surface area contributed by atoms with Crippen LogP contribution in [0.2, 0.25) is 0 Å². The van der Waals surface area contributed by atoms with Crippen LogP contribution in [-0.4, -0.2) is 38.1 Å². The number of carbonyl (C=O) groups is 1. The minimum absolute atomic E-state index is 0.185. The molecule has 44 heavy (non-hydrogen) atoms. The summed E-state index contributed by atoms with van der Waals surface area (Å²) in [5, 5.41) is 3.37. The molecule has 0 spiro atoms. The van der Waals surface area contributed by atoms with Crippen molar-refractivity contribution in [2.45, 2.75) is 19.4 Å². The molecule has 1 amide bonds. The molecule has 0 fully saturated rings. The highest BCUT2D eigenvalue weighted by Gasteiger charge is 2.19. The van der Waals surface area contributed by atoms with Gasteiger partial charge in [-0.1, -0.05) is 54.6 Å². The van der Waals surface area contributed by atoms with Gasteiger partial charge in [-0.3, -0.25) is 14.5 Å². The Hall–Kier alpha value is -5.14. The van der Waals surface area contributed by atoms with Crippen LogP contribution in [0.15, 0.2) is 106 Å². The number of nitrogens with one attached hydrogen (secondary N) is 1. The van der Waals surface area contributed by atoms with Crippen LogP contribution in [0.3, 0.4) is 0 Å². The van der Waals surface area contributed by atoms with E-state index in [0.717, 1.165) is 49.5 Å². The second-order valence-corrected chi connectivity index (χ2v) is 10.8. The van der Waals surface area contributed by atoms with Gasteiger partial charge in [0, 0.05) is 37.0 Å². The summed E-state index contributed by atoms with van der Waals surface area (Å²) in [6, 6.07) is 28.6. The normalized spacial score (nSPS) is 13.1. The molecule has 0 bridgehead atoms. The van der Waals surface area contributed by atoms with E-state index in [9.17, 15) is 9.59 Å². The highest BCUT2D eigenvalue weighted by atomic mass is 16.5. The second-order valence-electron chi connectivity index (χ2n) is 10.8. The van der Waals surface area contributed by atoms with Gasteiger partial charge in [0.15, 0.2) is 11.5 Å². The minimum atomic E-state index is -0.330. The smallest absolute Gasteiger partial charge is 0.248 e. The van der Waals surface area contributed by atoms with Crippen LogP contribution in [-0.2, 0) is 24.2 Å². The molecule has 1 aliphatic heterocycles. The molecule has 1 aromatic heterocycles. The molecule has 2 heterocycles. The Bertz CT molecular complexity index is 1880. The number of nitrogens with zero attached hydrogens (tertiary/aromatic N) is 1. The molecule has 0 unspecified atom stereocenters. The number of methoxy groups -OCH3 is 2. The summed E-state index contributed by atoms with van der Waals surface area (Å²) < 4.78 is 17.1. The molecule has 0 atom stereocenters. The van der Waals surface area contributed by atoms with E-state index in [1.807, 2.05) is 60.7 Å². The van der Waals surface area contributed by atoms with Crippen LogP contribution in [0.1, 0.15) is 22.3 Å². The highest BCUT2D eigenvalue weighted by Crippen LogP contribution is 2.33. The van der Waals surface area contributed by atoms with Gasteiger partial charge in [0.25, 0.3) is 0 Å². The number of ether oxygens (including phenoxy) is 2. The third-order valence-corrected chi connectivity index (χ3v) is 8.01. The van der Waals surface area contributed by atoms with Crippen LogP contribution < -0.4 is 20.2 Å². The zero-order valence-electron chi connectivity index (χ0n) is 24.8. The first-order valence-electron chi connectivity index (χ1n) is 14.7. The lowest BCUT2D eigenvalue weighted by molar-refractivity contribution is -0.111. The van der Waals surface area contributed by atoms with Gasteiger partial charge in [-0.15, -0.1) is 0 Å². The van der Waals surface area contributed by atoms with Gasteiger partial charge in [-0.25, -0.2) is 0 Å². The fourth-order valence-electron chi connectivity index (χ4n) is 5.63. The van der Waals surface area contributed by atoms with Crippen LogP contribution in [0.25, 0.3) is 28.4 Å². The summed E-state index contributed by atoms with van der Waals surface area (Å²) in [5.74, 6) is 1.64. The third-order valence-electron chi connectivity index (χ3n) is 8.01. The maximum atomic E-state index is 13.4. The molecule has 0 saturated carbocycles. The van der Waals surface area contributed by atoms with E-state index in [-0.39, 0.29) is 11.3 Å². The molecule has 5 aromatic rings. The largest absolute Gasteiger partial charge is 0.493 e. The molecule has 222 valence electrons. The van der Waals surface area contributed by atoms with E-state index >= 15 is 0 Å². The number of amides is 1. The van der Waals surface area contributed by atoms with Crippen molar-refractivity contribution in [3.63, 3.8) is 0 Å². The minimum Gasteiger partial charge on any atom is -0.493 e. The Balaban J connectivity index is 1.10. The Kier molecular flexibility index (Phi) is 8.57. The predicted octanol–water partition coefficient (Wildman–Crippen LogP) is 6.73. The SMILES string of the molecule is COc1cc2c(cc1OC)CN(CCc1ccc(NC(=O)/C=C/c3c(-c4ccccc4)oc4ccccc4c3=O)cc1)CC2. The number of hydrogen-bond donors (Lipinski definition) is 1. The van der Waals surface area contributed by atoms with Gasteiger partial charge >= 0.3 is 0 Å².